The van der Waals surface area contributed by atoms with Crippen molar-refractivity contribution >= 4 is 11.6 Å². The van der Waals surface area contributed by atoms with Gasteiger partial charge in [-0.1, -0.05) is 30.3 Å². The quantitative estimate of drug-likeness (QED) is 0.836. The number of benzene rings is 2. The van der Waals surface area contributed by atoms with Crippen LogP contribution in [0.1, 0.15) is 47.1 Å². The number of rotatable bonds is 2. The third-order valence-electron chi connectivity index (χ3n) is 4.97. The van der Waals surface area contributed by atoms with Gasteiger partial charge in [-0.15, -0.1) is 0 Å². The van der Waals surface area contributed by atoms with Crippen LogP contribution in [0.3, 0.4) is 0 Å². The number of anilines is 1. The van der Waals surface area contributed by atoms with Crippen molar-refractivity contribution in [3.8, 4) is 0 Å². The molecule has 2 aromatic carbocycles. The highest BCUT2D eigenvalue weighted by molar-refractivity contribution is 5.87. The Morgan fingerprint density at radius 3 is 2.82 bits per heavy atom. The summed E-state index contributed by atoms with van der Waals surface area (Å²) in [5, 5.41) is 3.26. The summed E-state index contributed by atoms with van der Waals surface area (Å²) < 4.78 is 0. The van der Waals surface area contributed by atoms with Gasteiger partial charge in [0.25, 0.3) is 0 Å². The Labute approximate surface area is 130 Å². The highest BCUT2D eigenvalue weighted by Crippen LogP contribution is 2.37. The highest BCUT2D eigenvalue weighted by Gasteiger charge is 2.33. The Morgan fingerprint density at radius 2 is 1.95 bits per heavy atom. The molecule has 2 aliphatic carbocycles. The van der Waals surface area contributed by atoms with E-state index in [1.54, 1.807) is 0 Å². The van der Waals surface area contributed by atoms with E-state index in [1.807, 2.05) is 24.3 Å². The van der Waals surface area contributed by atoms with Gasteiger partial charge < -0.3 is 11.1 Å². The molecule has 2 atom stereocenters. The fraction of sp³-hybridized carbons (Fsp3) is 0.316. The molecule has 3 heteroatoms. The molecular formula is C19H20N2O. The summed E-state index contributed by atoms with van der Waals surface area (Å²) in [6, 6.07) is 14.4. The smallest absolute Gasteiger partial charge is 0.228 e. The van der Waals surface area contributed by atoms with E-state index in [1.165, 1.54) is 22.3 Å². The van der Waals surface area contributed by atoms with Crippen molar-refractivity contribution in [2.75, 3.05) is 5.73 Å². The molecule has 112 valence electrons. The lowest BCUT2D eigenvalue weighted by molar-refractivity contribution is -0.124. The minimum Gasteiger partial charge on any atom is -0.399 e. The number of carbonyl (C=O) groups excluding carboxylic acids is 1. The molecule has 2 aromatic rings. The first-order valence-corrected chi connectivity index (χ1v) is 7.99. The number of fused-ring (bicyclic) bond motifs is 2. The van der Waals surface area contributed by atoms with Crippen LogP contribution < -0.4 is 11.1 Å². The number of carbonyl (C=O) groups is 1. The van der Waals surface area contributed by atoms with Crippen molar-refractivity contribution in [3.63, 3.8) is 0 Å². The number of nitrogen functional groups attached to an aromatic ring is 1. The summed E-state index contributed by atoms with van der Waals surface area (Å²) in [5.74, 6) is 0.184. The fourth-order valence-electron chi connectivity index (χ4n) is 3.75. The van der Waals surface area contributed by atoms with Crippen molar-refractivity contribution in [1.29, 1.82) is 0 Å². The Hall–Kier alpha value is -2.29. The molecule has 3 N–H and O–H groups in total. The SMILES string of the molecule is Nc1ccc2c(c1)CCCC2NC(=O)C1Cc2ccccc21. The van der Waals surface area contributed by atoms with Gasteiger partial charge in [0.15, 0.2) is 0 Å². The molecule has 4 rings (SSSR count). The molecule has 2 unspecified atom stereocenters. The molecule has 0 aliphatic heterocycles. The predicted octanol–water partition coefficient (Wildman–Crippen LogP) is 3.10. The van der Waals surface area contributed by atoms with Crippen LogP contribution >= 0.6 is 0 Å². The summed E-state index contributed by atoms with van der Waals surface area (Å²) in [4.78, 5) is 12.6. The van der Waals surface area contributed by atoms with Gasteiger partial charge in [-0.3, -0.25) is 4.79 Å². The lowest BCUT2D eigenvalue weighted by Gasteiger charge is -2.32. The van der Waals surface area contributed by atoms with Crippen molar-refractivity contribution < 1.29 is 4.79 Å². The molecule has 0 saturated carbocycles. The summed E-state index contributed by atoms with van der Waals surface area (Å²) >= 11 is 0. The molecule has 0 aromatic heterocycles. The lowest BCUT2D eigenvalue weighted by Crippen LogP contribution is -2.38. The number of hydrogen-bond acceptors (Lipinski definition) is 2. The van der Waals surface area contributed by atoms with E-state index < -0.39 is 0 Å². The monoisotopic (exact) mass is 292 g/mol. The number of hydrogen-bond donors (Lipinski definition) is 2. The van der Waals surface area contributed by atoms with E-state index in [2.05, 4.69) is 23.5 Å². The largest absolute Gasteiger partial charge is 0.399 e. The van der Waals surface area contributed by atoms with Gasteiger partial charge in [-0.25, -0.2) is 0 Å². The van der Waals surface area contributed by atoms with E-state index in [0.29, 0.717) is 0 Å². The topological polar surface area (TPSA) is 55.1 Å². The van der Waals surface area contributed by atoms with Crippen molar-refractivity contribution in [3.05, 3.63) is 64.7 Å². The number of aryl methyl sites for hydroxylation is 1. The molecule has 1 amide bonds. The lowest BCUT2D eigenvalue weighted by atomic mass is 9.76. The summed E-state index contributed by atoms with van der Waals surface area (Å²) in [6.45, 7) is 0. The van der Waals surface area contributed by atoms with Gasteiger partial charge in [-0.2, -0.15) is 0 Å². The third kappa shape index (κ3) is 2.17. The van der Waals surface area contributed by atoms with Crippen LogP contribution in [-0.2, 0) is 17.6 Å². The zero-order valence-electron chi connectivity index (χ0n) is 12.5. The second-order valence-electron chi connectivity index (χ2n) is 6.37. The molecule has 0 saturated heterocycles. The Bertz CT molecular complexity index is 738. The van der Waals surface area contributed by atoms with Crippen LogP contribution in [0.2, 0.25) is 0 Å². The standard InChI is InChI=1S/C19H20N2O/c20-14-8-9-16-12(10-14)5-3-7-18(16)21-19(22)17-11-13-4-1-2-6-15(13)17/h1-2,4,6,8-10,17-18H,3,5,7,11,20H2,(H,21,22). The Morgan fingerprint density at radius 1 is 1.09 bits per heavy atom. The van der Waals surface area contributed by atoms with Gasteiger partial charge in [0.1, 0.15) is 0 Å². The van der Waals surface area contributed by atoms with Crippen LogP contribution in [0.25, 0.3) is 0 Å². The van der Waals surface area contributed by atoms with Gasteiger partial charge in [0.2, 0.25) is 5.91 Å². The normalized spacial score (nSPS) is 22.2. The molecule has 2 aliphatic rings. The highest BCUT2D eigenvalue weighted by atomic mass is 16.2. The zero-order valence-corrected chi connectivity index (χ0v) is 12.5. The van der Waals surface area contributed by atoms with Crippen LogP contribution in [0.4, 0.5) is 5.69 Å². The van der Waals surface area contributed by atoms with Crippen molar-refractivity contribution in [1.82, 2.24) is 5.32 Å². The number of nitrogens with one attached hydrogen (secondary N) is 1. The van der Waals surface area contributed by atoms with E-state index >= 15 is 0 Å². The first kappa shape index (κ1) is 13.4. The van der Waals surface area contributed by atoms with Gasteiger partial charge in [0, 0.05) is 5.69 Å². The molecule has 0 spiro atoms. The fourth-order valence-corrected chi connectivity index (χ4v) is 3.75. The molecule has 0 heterocycles. The minimum absolute atomic E-state index is 0.0235. The van der Waals surface area contributed by atoms with Crippen LogP contribution in [0, 0.1) is 0 Å². The van der Waals surface area contributed by atoms with E-state index in [0.717, 1.165) is 31.4 Å². The van der Waals surface area contributed by atoms with Gasteiger partial charge in [0.05, 0.1) is 12.0 Å². The molecule has 22 heavy (non-hydrogen) atoms. The third-order valence-corrected chi connectivity index (χ3v) is 4.97. The second-order valence-corrected chi connectivity index (χ2v) is 6.37. The summed E-state index contributed by atoms with van der Waals surface area (Å²) in [6.07, 6.45) is 4.03. The van der Waals surface area contributed by atoms with Gasteiger partial charge in [-0.05, 0) is 60.1 Å². The van der Waals surface area contributed by atoms with Crippen molar-refractivity contribution in [2.24, 2.45) is 0 Å². The maximum atomic E-state index is 12.6. The van der Waals surface area contributed by atoms with E-state index in [9.17, 15) is 4.79 Å². The molecular weight excluding hydrogens is 272 g/mol. The second kappa shape index (κ2) is 5.16. The van der Waals surface area contributed by atoms with Crippen LogP contribution in [-0.4, -0.2) is 5.91 Å². The minimum atomic E-state index is 0.0235. The zero-order chi connectivity index (χ0) is 15.1. The molecule has 3 nitrogen and oxygen atoms in total. The molecule has 0 fully saturated rings. The Balaban J connectivity index is 1.53. The number of amides is 1. The predicted molar refractivity (Wildman–Crippen MR) is 87.6 cm³/mol. The maximum absolute atomic E-state index is 12.6. The molecule has 0 radical (unpaired) electrons. The maximum Gasteiger partial charge on any atom is 0.228 e. The average Bonchev–Trinajstić information content (AvgIpc) is 2.48. The average molecular weight is 292 g/mol. The number of nitrogens with two attached hydrogens (primary N) is 1. The van der Waals surface area contributed by atoms with Crippen LogP contribution in [0.15, 0.2) is 42.5 Å². The van der Waals surface area contributed by atoms with Crippen molar-refractivity contribution in [2.45, 2.75) is 37.6 Å². The Kier molecular flexibility index (Phi) is 3.14. The van der Waals surface area contributed by atoms with E-state index in [-0.39, 0.29) is 17.9 Å². The van der Waals surface area contributed by atoms with Gasteiger partial charge >= 0.3 is 0 Å². The summed E-state index contributed by atoms with van der Waals surface area (Å²) in [7, 11) is 0. The molecule has 0 bridgehead atoms. The summed E-state index contributed by atoms with van der Waals surface area (Å²) in [5.41, 5.74) is 11.7. The van der Waals surface area contributed by atoms with Crippen LogP contribution in [0.5, 0.6) is 0 Å². The first-order chi connectivity index (χ1) is 10.7. The van der Waals surface area contributed by atoms with E-state index in [4.69, 9.17) is 5.73 Å². The first-order valence-electron chi connectivity index (χ1n) is 7.99.